The van der Waals surface area contributed by atoms with E-state index in [0.29, 0.717) is 6.61 Å². The van der Waals surface area contributed by atoms with Crippen molar-refractivity contribution in [1.29, 1.82) is 0 Å². The van der Waals surface area contributed by atoms with Gasteiger partial charge in [-0.05, 0) is 13.8 Å². The molecule has 0 saturated heterocycles. The predicted molar refractivity (Wildman–Crippen MR) is 75.5 cm³/mol. The molecule has 0 aromatic carbocycles. The van der Waals surface area contributed by atoms with E-state index < -0.39 is 0 Å². The SMILES string of the molecule is CCc1nc(NC)c(C)c(N(CC)CCOC)n1. The van der Waals surface area contributed by atoms with E-state index in [4.69, 9.17) is 4.74 Å². The Morgan fingerprint density at radius 3 is 2.50 bits per heavy atom. The molecule has 0 amide bonds. The molecule has 18 heavy (non-hydrogen) atoms. The zero-order valence-corrected chi connectivity index (χ0v) is 12.1. The number of methoxy groups -OCH3 is 1. The van der Waals surface area contributed by atoms with E-state index in [0.717, 1.165) is 42.5 Å². The minimum Gasteiger partial charge on any atom is -0.383 e. The van der Waals surface area contributed by atoms with Gasteiger partial charge in [0.2, 0.25) is 0 Å². The molecule has 0 aliphatic carbocycles. The van der Waals surface area contributed by atoms with E-state index in [1.54, 1.807) is 7.11 Å². The zero-order valence-electron chi connectivity index (χ0n) is 12.1. The third-order valence-corrected chi connectivity index (χ3v) is 2.97. The number of rotatable bonds is 7. The number of nitrogens with one attached hydrogen (secondary N) is 1. The minimum absolute atomic E-state index is 0.702. The van der Waals surface area contributed by atoms with Crippen LogP contribution in [0.15, 0.2) is 0 Å². The lowest BCUT2D eigenvalue weighted by molar-refractivity contribution is 0.205. The third-order valence-electron chi connectivity index (χ3n) is 2.97. The second kappa shape index (κ2) is 7.16. The average molecular weight is 252 g/mol. The van der Waals surface area contributed by atoms with Crippen molar-refractivity contribution in [2.45, 2.75) is 27.2 Å². The van der Waals surface area contributed by atoms with Gasteiger partial charge in [-0.25, -0.2) is 9.97 Å². The van der Waals surface area contributed by atoms with Gasteiger partial charge in [-0.1, -0.05) is 6.92 Å². The molecule has 1 aromatic rings. The summed E-state index contributed by atoms with van der Waals surface area (Å²) in [7, 11) is 3.61. The predicted octanol–water partition coefficient (Wildman–Crippen LogP) is 1.86. The van der Waals surface area contributed by atoms with Gasteiger partial charge in [0.05, 0.1) is 6.61 Å². The first-order chi connectivity index (χ1) is 8.67. The van der Waals surface area contributed by atoms with Crippen molar-refractivity contribution in [2.75, 3.05) is 44.1 Å². The van der Waals surface area contributed by atoms with Gasteiger partial charge in [-0.2, -0.15) is 0 Å². The molecule has 0 fully saturated rings. The van der Waals surface area contributed by atoms with Crippen LogP contribution >= 0.6 is 0 Å². The topological polar surface area (TPSA) is 50.3 Å². The highest BCUT2D eigenvalue weighted by Gasteiger charge is 2.14. The molecule has 1 N–H and O–H groups in total. The number of ether oxygens (including phenoxy) is 1. The third kappa shape index (κ3) is 3.32. The van der Waals surface area contributed by atoms with Crippen LogP contribution in [0.25, 0.3) is 0 Å². The van der Waals surface area contributed by atoms with Crippen molar-refractivity contribution < 1.29 is 4.74 Å². The van der Waals surface area contributed by atoms with Crippen LogP contribution in [0.3, 0.4) is 0 Å². The van der Waals surface area contributed by atoms with Gasteiger partial charge in [0.25, 0.3) is 0 Å². The maximum Gasteiger partial charge on any atom is 0.137 e. The summed E-state index contributed by atoms with van der Waals surface area (Å²) in [5.41, 5.74) is 1.09. The van der Waals surface area contributed by atoms with Crippen molar-refractivity contribution in [3.05, 3.63) is 11.4 Å². The Balaban J connectivity index is 3.10. The highest BCUT2D eigenvalue weighted by Crippen LogP contribution is 2.23. The summed E-state index contributed by atoms with van der Waals surface area (Å²) in [6, 6.07) is 0. The minimum atomic E-state index is 0.702. The van der Waals surface area contributed by atoms with Gasteiger partial charge < -0.3 is 15.0 Å². The van der Waals surface area contributed by atoms with Gasteiger partial charge in [0, 0.05) is 39.2 Å². The van der Waals surface area contributed by atoms with Crippen molar-refractivity contribution >= 4 is 11.6 Å². The van der Waals surface area contributed by atoms with Gasteiger partial charge in [0.1, 0.15) is 17.5 Å². The molecule has 1 rings (SSSR count). The molecule has 1 heterocycles. The van der Waals surface area contributed by atoms with Gasteiger partial charge in [-0.15, -0.1) is 0 Å². The summed E-state index contributed by atoms with van der Waals surface area (Å²) in [5.74, 6) is 2.79. The highest BCUT2D eigenvalue weighted by atomic mass is 16.5. The second-order valence-electron chi connectivity index (χ2n) is 4.11. The smallest absolute Gasteiger partial charge is 0.137 e. The molecular formula is C13H24N4O. The largest absolute Gasteiger partial charge is 0.383 e. The number of hydrogen-bond donors (Lipinski definition) is 1. The van der Waals surface area contributed by atoms with Crippen molar-refractivity contribution in [1.82, 2.24) is 9.97 Å². The molecule has 0 radical (unpaired) electrons. The van der Waals surface area contributed by atoms with Crippen LogP contribution in [0.5, 0.6) is 0 Å². The van der Waals surface area contributed by atoms with E-state index >= 15 is 0 Å². The molecule has 0 unspecified atom stereocenters. The van der Waals surface area contributed by atoms with Crippen molar-refractivity contribution in [3.8, 4) is 0 Å². The summed E-state index contributed by atoms with van der Waals surface area (Å²) in [6.45, 7) is 8.70. The first kappa shape index (κ1) is 14.7. The summed E-state index contributed by atoms with van der Waals surface area (Å²) in [6.07, 6.45) is 0.837. The molecule has 0 aliphatic rings. The summed E-state index contributed by atoms with van der Waals surface area (Å²) in [5, 5.41) is 3.14. The highest BCUT2D eigenvalue weighted by molar-refractivity contribution is 5.58. The molecule has 5 heteroatoms. The molecule has 0 atom stereocenters. The monoisotopic (exact) mass is 252 g/mol. The van der Waals surface area contributed by atoms with Crippen molar-refractivity contribution in [2.24, 2.45) is 0 Å². The quantitative estimate of drug-likeness (QED) is 0.802. The van der Waals surface area contributed by atoms with Gasteiger partial charge in [-0.3, -0.25) is 0 Å². The molecule has 0 saturated carbocycles. The molecule has 1 aromatic heterocycles. The number of likely N-dealkylation sites (N-methyl/N-ethyl adjacent to an activating group) is 1. The Labute approximate surface area is 110 Å². The molecule has 102 valence electrons. The number of aromatic nitrogens is 2. The molecule has 5 nitrogen and oxygen atoms in total. The van der Waals surface area contributed by atoms with Gasteiger partial charge in [0.15, 0.2) is 0 Å². The lowest BCUT2D eigenvalue weighted by Crippen LogP contribution is -2.29. The van der Waals surface area contributed by atoms with Crippen molar-refractivity contribution in [3.63, 3.8) is 0 Å². The van der Waals surface area contributed by atoms with E-state index in [-0.39, 0.29) is 0 Å². The first-order valence-corrected chi connectivity index (χ1v) is 6.47. The number of nitrogens with zero attached hydrogens (tertiary/aromatic N) is 3. The number of anilines is 2. The number of aryl methyl sites for hydroxylation is 1. The second-order valence-corrected chi connectivity index (χ2v) is 4.11. The standard InChI is InChI=1S/C13H24N4O/c1-6-11-15-12(14-4)10(3)13(16-11)17(7-2)8-9-18-5/h6-9H2,1-5H3,(H,14,15,16). The molecular weight excluding hydrogens is 228 g/mol. The fourth-order valence-corrected chi connectivity index (χ4v) is 1.87. The normalized spacial score (nSPS) is 10.5. The van der Waals surface area contributed by atoms with Crippen LogP contribution in [0.1, 0.15) is 25.2 Å². The summed E-state index contributed by atoms with van der Waals surface area (Å²) >= 11 is 0. The van der Waals surface area contributed by atoms with Gasteiger partial charge >= 0.3 is 0 Å². The summed E-state index contributed by atoms with van der Waals surface area (Å²) < 4.78 is 5.15. The van der Waals surface area contributed by atoms with Crippen LogP contribution in [-0.4, -0.2) is 43.8 Å². The zero-order chi connectivity index (χ0) is 13.5. The molecule has 0 bridgehead atoms. The Hall–Kier alpha value is -1.36. The van der Waals surface area contributed by atoms with Crippen LogP contribution in [0.4, 0.5) is 11.6 Å². The Bertz CT molecular complexity index is 381. The first-order valence-electron chi connectivity index (χ1n) is 6.47. The fraction of sp³-hybridized carbons (Fsp3) is 0.692. The number of hydrogen-bond acceptors (Lipinski definition) is 5. The average Bonchev–Trinajstić information content (AvgIpc) is 2.41. The molecule has 0 spiro atoms. The summed E-state index contributed by atoms with van der Waals surface area (Å²) in [4.78, 5) is 11.4. The van der Waals surface area contributed by atoms with Crippen LogP contribution < -0.4 is 10.2 Å². The maximum absolute atomic E-state index is 5.15. The Morgan fingerprint density at radius 1 is 1.28 bits per heavy atom. The van der Waals surface area contributed by atoms with E-state index in [1.165, 1.54) is 0 Å². The fourth-order valence-electron chi connectivity index (χ4n) is 1.87. The van der Waals surface area contributed by atoms with E-state index in [1.807, 2.05) is 7.05 Å². The van der Waals surface area contributed by atoms with Crippen LogP contribution in [-0.2, 0) is 11.2 Å². The van der Waals surface area contributed by atoms with E-state index in [9.17, 15) is 0 Å². The molecule has 0 aliphatic heterocycles. The Kier molecular flexibility index (Phi) is 5.85. The van der Waals surface area contributed by atoms with Crippen LogP contribution in [0, 0.1) is 6.92 Å². The maximum atomic E-state index is 5.15. The Morgan fingerprint density at radius 2 is 2.00 bits per heavy atom. The van der Waals surface area contributed by atoms with Crippen LogP contribution in [0.2, 0.25) is 0 Å². The lowest BCUT2D eigenvalue weighted by Gasteiger charge is -2.24. The van der Waals surface area contributed by atoms with E-state index in [2.05, 4.69) is 41.0 Å². The lowest BCUT2D eigenvalue weighted by atomic mass is 10.2.